The summed E-state index contributed by atoms with van der Waals surface area (Å²) in [5, 5.41) is 9.21. The van der Waals surface area contributed by atoms with Gasteiger partial charge in [-0.3, -0.25) is 9.36 Å². The predicted octanol–water partition coefficient (Wildman–Crippen LogP) is 3.25. The van der Waals surface area contributed by atoms with Gasteiger partial charge in [0, 0.05) is 18.8 Å². The molecular formula is C20H22N4O3S. The Balaban J connectivity index is 1.51. The van der Waals surface area contributed by atoms with Gasteiger partial charge in [0.1, 0.15) is 0 Å². The third-order valence-corrected chi connectivity index (χ3v) is 5.73. The normalized spacial score (nSPS) is 15.8. The van der Waals surface area contributed by atoms with E-state index in [0.717, 1.165) is 12.1 Å². The van der Waals surface area contributed by atoms with E-state index in [9.17, 15) is 4.79 Å². The van der Waals surface area contributed by atoms with E-state index in [0.29, 0.717) is 35.6 Å². The maximum absolute atomic E-state index is 13.0. The minimum Gasteiger partial charge on any atom is -0.461 e. The number of carbonyl (C=O) groups is 1. The zero-order valence-corrected chi connectivity index (χ0v) is 16.7. The van der Waals surface area contributed by atoms with Crippen molar-refractivity contribution in [2.45, 2.75) is 31.1 Å². The Kier molecular flexibility index (Phi) is 5.50. The minimum atomic E-state index is 0.0725. The average Bonchev–Trinajstić information content (AvgIpc) is 3.41. The number of carbonyl (C=O) groups excluding carboxylic acids is 1. The summed E-state index contributed by atoms with van der Waals surface area (Å²) < 4.78 is 12.6. The molecule has 0 saturated heterocycles. The molecule has 28 heavy (non-hydrogen) atoms. The van der Waals surface area contributed by atoms with E-state index >= 15 is 0 Å². The van der Waals surface area contributed by atoms with Crippen molar-refractivity contribution in [3.8, 4) is 11.6 Å². The summed E-state index contributed by atoms with van der Waals surface area (Å²) in [5.74, 6) is 1.64. The van der Waals surface area contributed by atoms with Gasteiger partial charge in [0.25, 0.3) is 0 Å². The maximum atomic E-state index is 13.0. The Hall–Kier alpha value is -2.58. The van der Waals surface area contributed by atoms with Crippen molar-refractivity contribution in [3.63, 3.8) is 0 Å². The van der Waals surface area contributed by atoms with E-state index in [4.69, 9.17) is 9.15 Å². The second kappa shape index (κ2) is 8.20. The largest absolute Gasteiger partial charge is 0.461 e. The molecule has 0 spiro atoms. The number of hydrogen-bond acceptors (Lipinski definition) is 6. The fourth-order valence-electron chi connectivity index (χ4n) is 3.51. The second-order valence-corrected chi connectivity index (χ2v) is 7.60. The SMILES string of the molecule is COCCn1c(SCC(=O)N2c3ccccc3C[C@H]2C)nnc1-c1ccco1. The van der Waals surface area contributed by atoms with Crippen LogP contribution in [0, 0.1) is 0 Å². The van der Waals surface area contributed by atoms with Gasteiger partial charge in [-0.15, -0.1) is 10.2 Å². The van der Waals surface area contributed by atoms with Gasteiger partial charge in [0.05, 0.1) is 25.2 Å². The van der Waals surface area contributed by atoms with Crippen LogP contribution in [0.1, 0.15) is 12.5 Å². The van der Waals surface area contributed by atoms with Gasteiger partial charge in [-0.2, -0.15) is 0 Å². The Morgan fingerprint density at radius 3 is 2.93 bits per heavy atom. The number of hydrogen-bond donors (Lipinski definition) is 0. The molecular weight excluding hydrogens is 376 g/mol. The van der Waals surface area contributed by atoms with Crippen molar-refractivity contribution in [2.24, 2.45) is 0 Å². The molecule has 1 amide bonds. The smallest absolute Gasteiger partial charge is 0.237 e. The highest BCUT2D eigenvalue weighted by molar-refractivity contribution is 7.99. The molecule has 3 heterocycles. The van der Waals surface area contributed by atoms with Crippen LogP contribution in [0.15, 0.2) is 52.2 Å². The Morgan fingerprint density at radius 1 is 1.29 bits per heavy atom. The molecule has 1 atom stereocenters. The number of thioether (sulfide) groups is 1. The number of anilines is 1. The van der Waals surface area contributed by atoms with Crippen LogP contribution < -0.4 is 4.90 Å². The summed E-state index contributed by atoms with van der Waals surface area (Å²) in [6, 6.07) is 11.9. The number of para-hydroxylation sites is 1. The number of ether oxygens (including phenoxy) is 1. The van der Waals surface area contributed by atoms with Crippen molar-refractivity contribution in [1.82, 2.24) is 14.8 Å². The fraction of sp³-hybridized carbons (Fsp3) is 0.350. The molecule has 146 valence electrons. The summed E-state index contributed by atoms with van der Waals surface area (Å²) in [5.41, 5.74) is 2.23. The van der Waals surface area contributed by atoms with Gasteiger partial charge in [-0.1, -0.05) is 30.0 Å². The van der Waals surface area contributed by atoms with Crippen LogP contribution in [0.3, 0.4) is 0 Å². The van der Waals surface area contributed by atoms with Crippen molar-refractivity contribution in [2.75, 3.05) is 24.4 Å². The average molecular weight is 398 g/mol. The fourth-order valence-corrected chi connectivity index (χ4v) is 4.33. The number of rotatable bonds is 7. The zero-order chi connectivity index (χ0) is 19.5. The standard InChI is InChI=1S/C20H22N4O3S/c1-14-12-15-6-3-4-7-16(15)24(14)18(25)13-28-20-22-21-19(17-8-5-10-27-17)23(20)9-11-26-2/h3-8,10,14H,9,11-13H2,1-2H3/t14-/m1/s1. The minimum absolute atomic E-state index is 0.0725. The van der Waals surface area contributed by atoms with E-state index in [-0.39, 0.29) is 11.9 Å². The van der Waals surface area contributed by atoms with Crippen LogP contribution in [-0.4, -0.2) is 46.2 Å². The molecule has 0 bridgehead atoms. The van der Waals surface area contributed by atoms with Crippen molar-refractivity contribution < 1.29 is 13.9 Å². The van der Waals surface area contributed by atoms with Gasteiger partial charge < -0.3 is 14.1 Å². The lowest BCUT2D eigenvalue weighted by atomic mass is 10.1. The molecule has 0 aliphatic carbocycles. The highest BCUT2D eigenvalue weighted by Gasteiger charge is 2.30. The molecule has 1 aromatic carbocycles. The molecule has 0 saturated carbocycles. The van der Waals surface area contributed by atoms with E-state index in [1.165, 1.54) is 17.3 Å². The number of furan rings is 1. The quantitative estimate of drug-likeness (QED) is 0.569. The lowest BCUT2D eigenvalue weighted by Crippen LogP contribution is -2.37. The highest BCUT2D eigenvalue weighted by Crippen LogP contribution is 2.33. The molecule has 0 N–H and O–H groups in total. The van der Waals surface area contributed by atoms with Crippen LogP contribution in [0.25, 0.3) is 11.6 Å². The molecule has 0 fully saturated rings. The molecule has 1 aliphatic rings. The molecule has 7 nitrogen and oxygen atoms in total. The summed E-state index contributed by atoms with van der Waals surface area (Å²) in [4.78, 5) is 14.9. The second-order valence-electron chi connectivity index (χ2n) is 6.66. The number of fused-ring (bicyclic) bond motifs is 1. The predicted molar refractivity (Wildman–Crippen MR) is 107 cm³/mol. The number of aromatic nitrogens is 3. The van der Waals surface area contributed by atoms with E-state index in [1.54, 1.807) is 13.4 Å². The summed E-state index contributed by atoms with van der Waals surface area (Å²) in [7, 11) is 1.65. The first-order chi connectivity index (χ1) is 13.7. The van der Waals surface area contributed by atoms with Crippen molar-refractivity contribution in [1.29, 1.82) is 0 Å². The first-order valence-electron chi connectivity index (χ1n) is 9.18. The van der Waals surface area contributed by atoms with Crippen LogP contribution in [0.4, 0.5) is 5.69 Å². The summed E-state index contributed by atoms with van der Waals surface area (Å²) in [6.07, 6.45) is 2.49. The first kappa shape index (κ1) is 18.8. The van der Waals surface area contributed by atoms with Crippen molar-refractivity contribution in [3.05, 3.63) is 48.2 Å². The van der Waals surface area contributed by atoms with Crippen LogP contribution >= 0.6 is 11.8 Å². The first-order valence-corrected chi connectivity index (χ1v) is 10.2. The molecule has 1 aliphatic heterocycles. The zero-order valence-electron chi connectivity index (χ0n) is 15.9. The van der Waals surface area contributed by atoms with Crippen LogP contribution in [0.5, 0.6) is 0 Å². The molecule has 0 radical (unpaired) electrons. The highest BCUT2D eigenvalue weighted by atomic mass is 32.2. The topological polar surface area (TPSA) is 73.4 Å². The molecule has 0 unspecified atom stereocenters. The number of nitrogens with zero attached hydrogens (tertiary/aromatic N) is 4. The Bertz CT molecular complexity index is 954. The third kappa shape index (κ3) is 3.57. The van der Waals surface area contributed by atoms with Crippen LogP contribution in [0.2, 0.25) is 0 Å². The van der Waals surface area contributed by atoms with Gasteiger partial charge in [0.15, 0.2) is 10.9 Å². The van der Waals surface area contributed by atoms with E-state index < -0.39 is 0 Å². The van der Waals surface area contributed by atoms with E-state index in [2.05, 4.69) is 23.2 Å². The van der Waals surface area contributed by atoms with Gasteiger partial charge in [-0.05, 0) is 37.1 Å². The number of amides is 1. The monoisotopic (exact) mass is 398 g/mol. The lowest BCUT2D eigenvalue weighted by Gasteiger charge is -2.22. The Labute approximate surface area is 167 Å². The molecule has 2 aromatic heterocycles. The van der Waals surface area contributed by atoms with Gasteiger partial charge in [0.2, 0.25) is 11.7 Å². The summed E-state index contributed by atoms with van der Waals surface area (Å²) >= 11 is 1.39. The Morgan fingerprint density at radius 2 is 2.14 bits per heavy atom. The van der Waals surface area contributed by atoms with Gasteiger partial charge >= 0.3 is 0 Å². The van der Waals surface area contributed by atoms with E-state index in [1.807, 2.05) is 39.8 Å². The lowest BCUT2D eigenvalue weighted by molar-refractivity contribution is -0.116. The summed E-state index contributed by atoms with van der Waals surface area (Å²) in [6.45, 7) is 3.18. The molecule has 3 aromatic rings. The molecule has 8 heteroatoms. The maximum Gasteiger partial charge on any atom is 0.237 e. The molecule has 4 rings (SSSR count). The van der Waals surface area contributed by atoms with Gasteiger partial charge in [-0.25, -0.2) is 0 Å². The third-order valence-electron chi connectivity index (χ3n) is 4.78. The number of methoxy groups -OCH3 is 1. The number of benzene rings is 1. The van der Waals surface area contributed by atoms with Crippen molar-refractivity contribution >= 4 is 23.4 Å². The van der Waals surface area contributed by atoms with Crippen LogP contribution in [-0.2, 0) is 22.5 Å².